The van der Waals surface area contributed by atoms with Crippen LogP contribution >= 0.6 is 0 Å². The molecule has 4 nitrogen and oxygen atoms in total. The Morgan fingerprint density at radius 1 is 1.05 bits per heavy atom. The van der Waals surface area contributed by atoms with Gasteiger partial charge in [0, 0.05) is 0 Å². The highest BCUT2D eigenvalue weighted by Crippen LogP contribution is 2.30. The van der Waals surface area contributed by atoms with E-state index < -0.39 is 10.0 Å². The number of para-hydroxylation sites is 2. The number of ether oxygens (including phenoxy) is 1. The molecule has 5 heteroatoms. The van der Waals surface area contributed by atoms with Crippen molar-refractivity contribution < 1.29 is 13.2 Å². The average molecular weight is 291 g/mol. The van der Waals surface area contributed by atoms with Crippen LogP contribution in [0.1, 0.15) is 12.5 Å². The molecule has 20 heavy (non-hydrogen) atoms. The van der Waals surface area contributed by atoms with Crippen molar-refractivity contribution in [2.75, 3.05) is 10.5 Å². The molecule has 0 atom stereocenters. The van der Waals surface area contributed by atoms with Crippen molar-refractivity contribution >= 4 is 15.7 Å². The third-order valence-electron chi connectivity index (χ3n) is 2.78. The fourth-order valence-corrected chi connectivity index (χ4v) is 2.26. The molecule has 0 heterocycles. The lowest BCUT2D eigenvalue weighted by Gasteiger charge is -2.12. The summed E-state index contributed by atoms with van der Waals surface area (Å²) in [5.41, 5.74) is 1.58. The minimum absolute atomic E-state index is 0.0197. The summed E-state index contributed by atoms with van der Waals surface area (Å²) in [7, 11) is -3.32. The lowest BCUT2D eigenvalue weighted by Crippen LogP contribution is -2.15. The summed E-state index contributed by atoms with van der Waals surface area (Å²) < 4.78 is 31.5. The quantitative estimate of drug-likeness (QED) is 0.916. The number of anilines is 1. The summed E-state index contributed by atoms with van der Waals surface area (Å²) in [6.45, 7) is 3.58. The highest BCUT2D eigenvalue weighted by Gasteiger charge is 2.11. The lowest BCUT2D eigenvalue weighted by molar-refractivity contribution is 0.484. The van der Waals surface area contributed by atoms with Crippen LogP contribution in [0, 0.1) is 6.92 Å². The minimum atomic E-state index is -3.32. The number of aryl methyl sites for hydroxylation is 1. The van der Waals surface area contributed by atoms with Crippen molar-refractivity contribution in [2.24, 2.45) is 0 Å². The van der Waals surface area contributed by atoms with Crippen LogP contribution in [-0.4, -0.2) is 14.2 Å². The van der Waals surface area contributed by atoms with E-state index in [1.807, 2.05) is 31.2 Å². The Morgan fingerprint density at radius 3 is 2.35 bits per heavy atom. The van der Waals surface area contributed by atoms with E-state index in [0.29, 0.717) is 17.2 Å². The number of rotatable bonds is 5. The van der Waals surface area contributed by atoms with Gasteiger partial charge in [-0.1, -0.05) is 29.8 Å². The van der Waals surface area contributed by atoms with E-state index in [0.717, 1.165) is 5.56 Å². The molecule has 2 rings (SSSR count). The first-order chi connectivity index (χ1) is 9.50. The SMILES string of the molecule is CCS(=O)(=O)Nc1ccccc1Oc1ccc(C)cc1. The number of nitrogens with one attached hydrogen (secondary N) is 1. The van der Waals surface area contributed by atoms with Gasteiger partial charge < -0.3 is 4.74 Å². The van der Waals surface area contributed by atoms with Crippen molar-refractivity contribution in [1.82, 2.24) is 0 Å². The van der Waals surface area contributed by atoms with Gasteiger partial charge in [-0.15, -0.1) is 0 Å². The van der Waals surface area contributed by atoms with Crippen LogP contribution in [0.5, 0.6) is 11.5 Å². The van der Waals surface area contributed by atoms with Crippen molar-refractivity contribution in [1.29, 1.82) is 0 Å². The molecule has 2 aromatic rings. The molecule has 0 aliphatic carbocycles. The first kappa shape index (κ1) is 14.4. The van der Waals surface area contributed by atoms with Crippen molar-refractivity contribution in [3.05, 3.63) is 54.1 Å². The minimum Gasteiger partial charge on any atom is -0.455 e. The zero-order chi connectivity index (χ0) is 14.6. The van der Waals surface area contributed by atoms with Crippen molar-refractivity contribution in [3.63, 3.8) is 0 Å². The van der Waals surface area contributed by atoms with Crippen LogP contribution in [0.25, 0.3) is 0 Å². The van der Waals surface area contributed by atoms with Gasteiger partial charge in [0.15, 0.2) is 5.75 Å². The van der Waals surface area contributed by atoms with Crippen LogP contribution in [0.15, 0.2) is 48.5 Å². The summed E-state index contributed by atoms with van der Waals surface area (Å²) in [6, 6.07) is 14.5. The van der Waals surface area contributed by atoms with Gasteiger partial charge in [-0.2, -0.15) is 0 Å². The lowest BCUT2D eigenvalue weighted by atomic mass is 10.2. The molecule has 0 saturated carbocycles. The van der Waals surface area contributed by atoms with E-state index in [4.69, 9.17) is 4.74 Å². The number of sulfonamides is 1. The second-order valence-electron chi connectivity index (χ2n) is 4.42. The van der Waals surface area contributed by atoms with E-state index in [9.17, 15) is 8.42 Å². The largest absolute Gasteiger partial charge is 0.455 e. The molecule has 2 aromatic carbocycles. The van der Waals surface area contributed by atoms with E-state index in [1.165, 1.54) is 0 Å². The molecule has 0 aliphatic rings. The predicted octanol–water partition coefficient (Wildman–Crippen LogP) is 3.55. The van der Waals surface area contributed by atoms with E-state index >= 15 is 0 Å². The van der Waals surface area contributed by atoms with Gasteiger partial charge in [0.25, 0.3) is 0 Å². The van der Waals surface area contributed by atoms with Gasteiger partial charge in [-0.3, -0.25) is 4.72 Å². The first-order valence-corrected chi connectivity index (χ1v) is 7.99. The molecule has 0 aliphatic heterocycles. The van der Waals surface area contributed by atoms with Gasteiger partial charge in [-0.05, 0) is 38.1 Å². The maximum atomic E-state index is 11.7. The van der Waals surface area contributed by atoms with Gasteiger partial charge in [-0.25, -0.2) is 8.42 Å². The molecule has 106 valence electrons. The zero-order valence-corrected chi connectivity index (χ0v) is 12.3. The predicted molar refractivity (Wildman–Crippen MR) is 80.8 cm³/mol. The van der Waals surface area contributed by atoms with Crippen LogP contribution in [0.4, 0.5) is 5.69 Å². The standard InChI is InChI=1S/C15H17NO3S/c1-3-20(17,18)16-14-6-4-5-7-15(14)19-13-10-8-12(2)9-11-13/h4-11,16H,3H2,1-2H3. The summed E-state index contributed by atoms with van der Waals surface area (Å²) >= 11 is 0. The second kappa shape index (κ2) is 5.96. The number of hydrogen-bond acceptors (Lipinski definition) is 3. The maximum Gasteiger partial charge on any atom is 0.232 e. The monoisotopic (exact) mass is 291 g/mol. The first-order valence-electron chi connectivity index (χ1n) is 6.34. The molecule has 0 unspecified atom stereocenters. The highest BCUT2D eigenvalue weighted by atomic mass is 32.2. The van der Waals surface area contributed by atoms with Crippen LogP contribution in [0.2, 0.25) is 0 Å². The van der Waals surface area contributed by atoms with E-state index in [1.54, 1.807) is 31.2 Å². The second-order valence-corrected chi connectivity index (χ2v) is 6.43. The Bertz CT molecular complexity index is 679. The van der Waals surface area contributed by atoms with Gasteiger partial charge in [0.05, 0.1) is 11.4 Å². The molecular formula is C15H17NO3S. The number of benzene rings is 2. The molecule has 0 bridgehead atoms. The molecule has 0 amide bonds. The topological polar surface area (TPSA) is 55.4 Å². The van der Waals surface area contributed by atoms with Crippen LogP contribution in [0.3, 0.4) is 0 Å². The average Bonchev–Trinajstić information content (AvgIpc) is 2.43. The smallest absolute Gasteiger partial charge is 0.232 e. The Hall–Kier alpha value is -2.01. The molecule has 0 saturated heterocycles. The third-order valence-corrected chi connectivity index (χ3v) is 4.07. The fraction of sp³-hybridized carbons (Fsp3) is 0.200. The van der Waals surface area contributed by atoms with Gasteiger partial charge in [0.1, 0.15) is 5.75 Å². The summed E-state index contributed by atoms with van der Waals surface area (Å²) in [5, 5.41) is 0. The van der Waals surface area contributed by atoms with Crippen molar-refractivity contribution in [3.8, 4) is 11.5 Å². The van der Waals surface area contributed by atoms with Gasteiger partial charge >= 0.3 is 0 Å². The zero-order valence-electron chi connectivity index (χ0n) is 11.5. The third kappa shape index (κ3) is 3.74. The maximum absolute atomic E-state index is 11.7. The Labute approximate surface area is 119 Å². The Kier molecular flexibility index (Phi) is 4.29. The molecule has 0 aromatic heterocycles. The van der Waals surface area contributed by atoms with E-state index in [-0.39, 0.29) is 5.75 Å². The molecular weight excluding hydrogens is 274 g/mol. The summed E-state index contributed by atoms with van der Waals surface area (Å²) in [4.78, 5) is 0. The van der Waals surface area contributed by atoms with E-state index in [2.05, 4.69) is 4.72 Å². The highest BCUT2D eigenvalue weighted by molar-refractivity contribution is 7.92. The normalized spacial score (nSPS) is 11.1. The summed E-state index contributed by atoms with van der Waals surface area (Å²) in [5.74, 6) is 1.17. The van der Waals surface area contributed by atoms with Crippen molar-refractivity contribution in [2.45, 2.75) is 13.8 Å². The molecule has 0 radical (unpaired) electrons. The molecule has 0 spiro atoms. The number of hydrogen-bond donors (Lipinski definition) is 1. The molecule has 0 fully saturated rings. The Balaban J connectivity index is 2.26. The van der Waals surface area contributed by atoms with Crippen LogP contribution < -0.4 is 9.46 Å². The fourth-order valence-electron chi connectivity index (χ4n) is 1.61. The Morgan fingerprint density at radius 2 is 1.70 bits per heavy atom. The summed E-state index contributed by atoms with van der Waals surface area (Å²) in [6.07, 6.45) is 0. The molecule has 1 N–H and O–H groups in total. The van der Waals surface area contributed by atoms with Gasteiger partial charge in [0.2, 0.25) is 10.0 Å². The van der Waals surface area contributed by atoms with Crippen LogP contribution in [-0.2, 0) is 10.0 Å².